The van der Waals surface area contributed by atoms with Crippen LogP contribution in [0, 0.1) is 0 Å². The van der Waals surface area contributed by atoms with E-state index in [1.165, 1.54) is 20.3 Å². The van der Waals surface area contributed by atoms with Gasteiger partial charge in [-0.1, -0.05) is 13.3 Å². The molecule has 6 N–H and O–H groups in total. The molecule has 3 rings (SSSR count). The number of benzene rings is 2. The van der Waals surface area contributed by atoms with Crippen molar-refractivity contribution >= 4 is 11.9 Å². The molecule has 1 aliphatic rings. The third-order valence-electron chi connectivity index (χ3n) is 7.07. The van der Waals surface area contributed by atoms with Gasteiger partial charge < -0.3 is 54.3 Å². The van der Waals surface area contributed by atoms with E-state index in [0.717, 1.165) is 12.8 Å². The van der Waals surface area contributed by atoms with E-state index in [4.69, 9.17) is 23.7 Å². The number of hydrogen-bond donors (Lipinski definition) is 6. The van der Waals surface area contributed by atoms with Gasteiger partial charge in [-0.05, 0) is 54.7 Å². The Morgan fingerprint density at radius 1 is 0.884 bits per heavy atom. The Labute approximate surface area is 249 Å². The smallest absolute Gasteiger partial charge is 0.306 e. The number of carboxylic acids is 1. The molecule has 13 nitrogen and oxygen atoms in total. The van der Waals surface area contributed by atoms with E-state index in [-0.39, 0.29) is 65.8 Å². The molecule has 43 heavy (non-hydrogen) atoms. The Hall–Kier alpha value is -3.62. The van der Waals surface area contributed by atoms with Crippen LogP contribution in [0.25, 0.3) is 11.1 Å². The van der Waals surface area contributed by atoms with Crippen molar-refractivity contribution < 1.29 is 63.9 Å². The summed E-state index contributed by atoms with van der Waals surface area (Å²) in [4.78, 5) is 23.5. The zero-order valence-electron chi connectivity index (χ0n) is 24.4. The Morgan fingerprint density at radius 2 is 1.51 bits per heavy atom. The zero-order valence-corrected chi connectivity index (χ0v) is 24.4. The van der Waals surface area contributed by atoms with E-state index in [9.17, 15) is 40.2 Å². The van der Waals surface area contributed by atoms with Crippen LogP contribution in [0.3, 0.4) is 0 Å². The highest BCUT2D eigenvalue weighted by atomic mass is 16.7. The van der Waals surface area contributed by atoms with Crippen LogP contribution in [0.1, 0.15) is 43.7 Å². The summed E-state index contributed by atoms with van der Waals surface area (Å²) < 4.78 is 27.7. The maximum absolute atomic E-state index is 12.2. The van der Waals surface area contributed by atoms with E-state index < -0.39 is 43.3 Å². The second-order valence-corrected chi connectivity index (χ2v) is 10.2. The van der Waals surface area contributed by atoms with Gasteiger partial charge in [0, 0.05) is 24.0 Å². The number of phenolic OH excluding ortho intramolecular Hbond substituents is 1. The molecular weight excluding hydrogens is 568 g/mol. The van der Waals surface area contributed by atoms with E-state index in [1.54, 1.807) is 18.2 Å². The number of aromatic hydroxyl groups is 1. The number of aryl methyl sites for hydroxylation is 2. The minimum absolute atomic E-state index is 0.0561. The third kappa shape index (κ3) is 8.48. The molecule has 1 saturated heterocycles. The molecule has 0 aliphatic carbocycles. The number of aliphatic carboxylic acids is 1. The molecule has 5 unspecified atom stereocenters. The van der Waals surface area contributed by atoms with Gasteiger partial charge in [-0.3, -0.25) is 9.59 Å². The summed E-state index contributed by atoms with van der Waals surface area (Å²) in [6.45, 7) is 1.63. The van der Waals surface area contributed by atoms with Crippen molar-refractivity contribution in [3.05, 3.63) is 35.4 Å². The minimum atomic E-state index is -1.74. The van der Waals surface area contributed by atoms with Crippen molar-refractivity contribution in [1.82, 2.24) is 0 Å². The van der Waals surface area contributed by atoms with E-state index in [0.29, 0.717) is 17.7 Å². The van der Waals surface area contributed by atoms with Gasteiger partial charge in [-0.25, -0.2) is 0 Å². The number of aliphatic hydroxyl groups excluding tert-OH is 4. The van der Waals surface area contributed by atoms with Crippen molar-refractivity contribution in [2.45, 2.75) is 76.2 Å². The molecule has 238 valence electrons. The van der Waals surface area contributed by atoms with Crippen LogP contribution in [0.15, 0.2) is 24.3 Å². The molecule has 0 bridgehead atoms. The summed E-state index contributed by atoms with van der Waals surface area (Å²) >= 11 is 0. The highest BCUT2D eigenvalue weighted by Crippen LogP contribution is 2.47. The molecular formula is C30H40O13. The van der Waals surface area contributed by atoms with Crippen LogP contribution in [-0.2, 0) is 31.9 Å². The largest absolute Gasteiger partial charge is 0.504 e. The Balaban J connectivity index is 2.10. The fourth-order valence-electron chi connectivity index (χ4n) is 4.63. The van der Waals surface area contributed by atoms with Gasteiger partial charge in [0.05, 0.1) is 27.4 Å². The average molecular weight is 609 g/mol. The molecule has 0 aromatic heterocycles. The van der Waals surface area contributed by atoms with Crippen molar-refractivity contribution in [2.24, 2.45) is 0 Å². The standard InChI is InChI=1S/C30H40O13/c1-4-5-10-41-24(34)9-7-17-11-18(25(35)20(13-17)39-2)19-12-16(6-8-23(32)33)14-21(40-3)29(19)43-30-28(38)27(37)26(36)22(15-31)42-30/h11-14,22,26-28,30-31,35-38H,4-10,15H2,1-3H3,(H,32,33). The van der Waals surface area contributed by atoms with Crippen molar-refractivity contribution in [2.75, 3.05) is 27.4 Å². The average Bonchev–Trinajstić information content (AvgIpc) is 2.99. The van der Waals surface area contributed by atoms with Crippen molar-refractivity contribution in [1.29, 1.82) is 0 Å². The van der Waals surface area contributed by atoms with E-state index in [2.05, 4.69) is 0 Å². The molecule has 0 radical (unpaired) electrons. The number of carboxylic acid groups (broad SMARTS) is 1. The van der Waals surface area contributed by atoms with Gasteiger partial charge in [0.15, 0.2) is 23.0 Å². The minimum Gasteiger partial charge on any atom is -0.504 e. The van der Waals surface area contributed by atoms with Crippen LogP contribution in [0.2, 0.25) is 0 Å². The molecule has 0 amide bonds. The van der Waals surface area contributed by atoms with Gasteiger partial charge >= 0.3 is 11.9 Å². The molecule has 5 atom stereocenters. The maximum atomic E-state index is 12.2. The number of carbonyl (C=O) groups is 2. The number of unbranched alkanes of at least 4 members (excludes halogenated alkanes) is 1. The second kappa shape index (κ2) is 15.7. The number of hydrogen-bond acceptors (Lipinski definition) is 12. The summed E-state index contributed by atoms with van der Waals surface area (Å²) in [6, 6.07) is 6.27. The van der Waals surface area contributed by atoms with Crippen LogP contribution >= 0.6 is 0 Å². The lowest BCUT2D eigenvalue weighted by Gasteiger charge is -2.40. The van der Waals surface area contributed by atoms with Gasteiger partial charge in [0.25, 0.3) is 0 Å². The lowest BCUT2D eigenvalue weighted by Crippen LogP contribution is -2.60. The highest BCUT2D eigenvalue weighted by molar-refractivity contribution is 5.82. The normalized spacial score (nSPS) is 21.7. The van der Waals surface area contributed by atoms with Crippen molar-refractivity contribution in [3.8, 4) is 34.1 Å². The SMILES string of the molecule is CCCCOC(=O)CCc1cc(OC)c(O)c(-c2cc(CCC(=O)O)cc(OC)c2OC2OC(CO)C(O)C(O)C2O)c1. The first-order chi connectivity index (χ1) is 20.5. The first-order valence-electron chi connectivity index (χ1n) is 14.0. The van der Waals surface area contributed by atoms with Crippen LogP contribution < -0.4 is 14.2 Å². The van der Waals surface area contributed by atoms with Crippen LogP contribution in [0.4, 0.5) is 0 Å². The predicted octanol–water partition coefficient (Wildman–Crippen LogP) is 1.55. The molecule has 2 aromatic carbocycles. The molecule has 1 fully saturated rings. The quantitative estimate of drug-likeness (QED) is 0.126. The monoisotopic (exact) mass is 608 g/mol. The lowest BCUT2D eigenvalue weighted by molar-refractivity contribution is -0.277. The highest BCUT2D eigenvalue weighted by Gasteiger charge is 2.45. The second-order valence-electron chi connectivity index (χ2n) is 10.2. The van der Waals surface area contributed by atoms with Crippen LogP contribution in [-0.4, -0.2) is 101 Å². The molecule has 13 heteroatoms. The summed E-state index contributed by atoms with van der Waals surface area (Å²) in [6.07, 6.45) is -6.07. The van der Waals surface area contributed by atoms with E-state index >= 15 is 0 Å². The third-order valence-corrected chi connectivity index (χ3v) is 7.07. The Morgan fingerprint density at radius 3 is 2.12 bits per heavy atom. The predicted molar refractivity (Wildman–Crippen MR) is 151 cm³/mol. The number of carbonyl (C=O) groups excluding carboxylic acids is 1. The number of phenols is 1. The Kier molecular flexibility index (Phi) is 12.4. The lowest BCUT2D eigenvalue weighted by atomic mass is 9.95. The molecule has 2 aromatic rings. The van der Waals surface area contributed by atoms with Crippen molar-refractivity contribution in [3.63, 3.8) is 0 Å². The fraction of sp³-hybridized carbons (Fsp3) is 0.533. The topological polar surface area (TPSA) is 202 Å². The number of ether oxygens (including phenoxy) is 5. The first kappa shape index (κ1) is 33.9. The Bertz CT molecular complexity index is 1250. The molecule has 0 spiro atoms. The number of rotatable bonds is 15. The fourth-order valence-corrected chi connectivity index (χ4v) is 4.63. The van der Waals surface area contributed by atoms with Gasteiger partial charge in [-0.2, -0.15) is 0 Å². The summed E-state index contributed by atoms with van der Waals surface area (Å²) in [5.41, 5.74) is 1.48. The zero-order chi connectivity index (χ0) is 31.7. The molecule has 1 aliphatic heterocycles. The number of esters is 1. The number of aliphatic hydroxyl groups is 4. The van der Waals surface area contributed by atoms with E-state index in [1.807, 2.05) is 6.92 Å². The maximum Gasteiger partial charge on any atom is 0.306 e. The summed E-state index contributed by atoms with van der Waals surface area (Å²) in [7, 11) is 2.69. The first-order valence-corrected chi connectivity index (χ1v) is 14.0. The van der Waals surface area contributed by atoms with Gasteiger partial charge in [0.2, 0.25) is 6.29 Å². The summed E-state index contributed by atoms with van der Waals surface area (Å²) in [5, 5.41) is 61.2. The van der Waals surface area contributed by atoms with Gasteiger partial charge in [0.1, 0.15) is 24.4 Å². The molecule has 1 heterocycles. The van der Waals surface area contributed by atoms with Gasteiger partial charge in [-0.15, -0.1) is 0 Å². The number of methoxy groups -OCH3 is 2. The molecule has 0 saturated carbocycles. The van der Waals surface area contributed by atoms with Crippen LogP contribution in [0.5, 0.6) is 23.0 Å². The summed E-state index contributed by atoms with van der Waals surface area (Å²) in [5.74, 6) is -1.60.